The van der Waals surface area contributed by atoms with Crippen LogP contribution in [0.5, 0.6) is 17.2 Å². The highest BCUT2D eigenvalue weighted by Gasteiger charge is 2.15. The second kappa shape index (κ2) is 13.7. The van der Waals surface area contributed by atoms with Gasteiger partial charge in [-0.2, -0.15) is 5.26 Å². The Bertz CT molecular complexity index is 1560. The van der Waals surface area contributed by atoms with Crippen molar-refractivity contribution in [2.45, 2.75) is 27.1 Å². The molecule has 0 fully saturated rings. The van der Waals surface area contributed by atoms with Crippen LogP contribution in [0.2, 0.25) is 0 Å². The Labute approximate surface area is 248 Å². The smallest absolute Gasteiger partial charge is 0.266 e. The Morgan fingerprint density at radius 3 is 2.30 bits per heavy atom. The van der Waals surface area contributed by atoms with Crippen molar-refractivity contribution >= 4 is 40.3 Å². The minimum atomic E-state index is -0.510. The molecule has 0 heterocycles. The highest BCUT2D eigenvalue weighted by atomic mass is 127. The fourth-order valence-electron chi connectivity index (χ4n) is 3.90. The molecule has 0 saturated carbocycles. The third kappa shape index (κ3) is 7.64. The highest BCUT2D eigenvalue weighted by Crippen LogP contribution is 2.35. The molecule has 0 aliphatic heterocycles. The predicted octanol–water partition coefficient (Wildman–Crippen LogP) is 7.62. The number of aryl methyl sites for hydroxylation is 2. The van der Waals surface area contributed by atoms with Crippen LogP contribution < -0.4 is 19.5 Å². The molecule has 1 amide bonds. The summed E-state index contributed by atoms with van der Waals surface area (Å²) in [6.07, 6.45) is 1.53. The summed E-state index contributed by atoms with van der Waals surface area (Å²) in [7, 11) is 1.56. The number of methoxy groups -OCH3 is 1. The van der Waals surface area contributed by atoms with Gasteiger partial charge in [0.1, 0.15) is 30.6 Å². The summed E-state index contributed by atoms with van der Waals surface area (Å²) in [6.45, 7) is 4.99. The number of benzene rings is 4. The molecule has 0 atom stereocenters. The van der Waals surface area contributed by atoms with Crippen molar-refractivity contribution in [3.05, 3.63) is 122 Å². The molecule has 0 bridgehead atoms. The molecular weight excluding hydrogens is 615 g/mol. The van der Waals surface area contributed by atoms with Gasteiger partial charge in [-0.25, -0.2) is 0 Å². The predicted molar refractivity (Wildman–Crippen MR) is 165 cm³/mol. The van der Waals surface area contributed by atoms with Crippen LogP contribution in [-0.4, -0.2) is 13.0 Å². The van der Waals surface area contributed by atoms with Gasteiger partial charge in [-0.1, -0.05) is 48.5 Å². The molecule has 1 N–H and O–H groups in total. The molecule has 40 heavy (non-hydrogen) atoms. The number of carbonyl (C=O) groups excluding carboxylic acids is 1. The van der Waals surface area contributed by atoms with Crippen molar-refractivity contribution in [3.8, 4) is 23.3 Å². The number of nitrogens with one attached hydrogen (secondary N) is 1. The Balaban J connectivity index is 1.42. The molecule has 4 aromatic carbocycles. The number of anilines is 1. The number of ether oxygens (including phenoxy) is 3. The number of amides is 1. The Hall–Kier alpha value is -4.29. The van der Waals surface area contributed by atoms with Gasteiger partial charge in [-0.15, -0.1) is 0 Å². The Morgan fingerprint density at radius 1 is 0.900 bits per heavy atom. The number of carbonyl (C=O) groups is 1. The zero-order chi connectivity index (χ0) is 28.5. The maximum absolute atomic E-state index is 12.9. The van der Waals surface area contributed by atoms with E-state index in [0.717, 1.165) is 14.7 Å². The van der Waals surface area contributed by atoms with Crippen molar-refractivity contribution < 1.29 is 19.0 Å². The largest absolute Gasteiger partial charge is 0.493 e. The van der Waals surface area contributed by atoms with Crippen molar-refractivity contribution in [3.63, 3.8) is 0 Å². The van der Waals surface area contributed by atoms with E-state index in [9.17, 15) is 10.1 Å². The summed E-state index contributed by atoms with van der Waals surface area (Å²) in [5.74, 6) is 1.30. The van der Waals surface area contributed by atoms with Crippen LogP contribution in [-0.2, 0) is 18.0 Å². The Morgan fingerprint density at radius 2 is 1.62 bits per heavy atom. The summed E-state index contributed by atoms with van der Waals surface area (Å²) in [6, 6.07) is 28.7. The number of nitriles is 1. The molecule has 0 aliphatic rings. The van der Waals surface area contributed by atoms with Gasteiger partial charge in [0.25, 0.3) is 5.91 Å². The first-order valence-electron chi connectivity index (χ1n) is 12.6. The fraction of sp³-hybridized carbons (Fsp3) is 0.152. The molecular formula is C33H29IN2O4. The van der Waals surface area contributed by atoms with E-state index in [1.807, 2.05) is 48.5 Å². The SMILES string of the molecule is COc1cc(/C=C(\C#N)C(=O)Nc2ccc(OCc3ccccc3)cc2)cc(I)c1OCc1ccc(C)c(C)c1. The molecule has 6 nitrogen and oxygen atoms in total. The zero-order valence-corrected chi connectivity index (χ0v) is 24.7. The second-order valence-corrected chi connectivity index (χ2v) is 10.3. The third-order valence-corrected chi connectivity index (χ3v) is 7.04. The van der Waals surface area contributed by atoms with Gasteiger partial charge in [-0.05, 0) is 107 Å². The van der Waals surface area contributed by atoms with E-state index in [1.165, 1.54) is 17.2 Å². The van der Waals surface area contributed by atoms with Crippen molar-refractivity contribution in [2.24, 2.45) is 0 Å². The van der Waals surface area contributed by atoms with E-state index < -0.39 is 5.91 Å². The molecule has 0 radical (unpaired) electrons. The maximum Gasteiger partial charge on any atom is 0.266 e. The van der Waals surface area contributed by atoms with Gasteiger partial charge in [0.15, 0.2) is 11.5 Å². The minimum absolute atomic E-state index is 0.0361. The molecule has 0 saturated heterocycles. The van der Waals surface area contributed by atoms with E-state index >= 15 is 0 Å². The summed E-state index contributed by atoms with van der Waals surface area (Å²) < 4.78 is 18.3. The molecule has 0 spiro atoms. The first-order chi connectivity index (χ1) is 19.4. The van der Waals surface area contributed by atoms with Crippen molar-refractivity contribution in [1.29, 1.82) is 5.26 Å². The highest BCUT2D eigenvalue weighted by molar-refractivity contribution is 14.1. The number of halogens is 1. The first kappa shape index (κ1) is 28.7. The van der Waals surface area contributed by atoms with Crippen molar-refractivity contribution in [1.82, 2.24) is 0 Å². The lowest BCUT2D eigenvalue weighted by molar-refractivity contribution is -0.112. The van der Waals surface area contributed by atoms with E-state index in [0.29, 0.717) is 41.7 Å². The quantitative estimate of drug-likeness (QED) is 0.109. The number of rotatable bonds is 10. The van der Waals surface area contributed by atoms with Crippen molar-refractivity contribution in [2.75, 3.05) is 12.4 Å². The first-order valence-corrected chi connectivity index (χ1v) is 13.7. The van der Waals surface area contributed by atoms with Crippen LogP contribution in [0.25, 0.3) is 6.08 Å². The van der Waals surface area contributed by atoms with Gasteiger partial charge in [0.05, 0.1) is 10.7 Å². The van der Waals surface area contributed by atoms with Gasteiger partial charge in [0.2, 0.25) is 0 Å². The maximum atomic E-state index is 12.9. The summed E-state index contributed by atoms with van der Waals surface area (Å²) in [5.41, 5.74) is 5.73. The second-order valence-electron chi connectivity index (χ2n) is 9.16. The summed E-state index contributed by atoms with van der Waals surface area (Å²) in [4.78, 5) is 12.9. The molecule has 202 valence electrons. The lowest BCUT2D eigenvalue weighted by atomic mass is 10.1. The fourth-order valence-corrected chi connectivity index (χ4v) is 4.68. The summed E-state index contributed by atoms with van der Waals surface area (Å²) >= 11 is 2.17. The monoisotopic (exact) mass is 644 g/mol. The van der Waals surface area contributed by atoms with Gasteiger partial charge in [-0.3, -0.25) is 4.79 Å². The van der Waals surface area contributed by atoms with E-state index in [1.54, 1.807) is 37.4 Å². The molecule has 7 heteroatoms. The van der Waals surface area contributed by atoms with Gasteiger partial charge < -0.3 is 19.5 Å². The number of hydrogen-bond donors (Lipinski definition) is 1. The average Bonchev–Trinajstić information content (AvgIpc) is 2.97. The van der Waals surface area contributed by atoms with Crippen LogP contribution >= 0.6 is 22.6 Å². The minimum Gasteiger partial charge on any atom is -0.493 e. The van der Waals surface area contributed by atoms with Crippen LogP contribution in [0.15, 0.2) is 90.5 Å². The van der Waals surface area contributed by atoms with Gasteiger partial charge in [0, 0.05) is 5.69 Å². The van der Waals surface area contributed by atoms with Crippen LogP contribution in [0.3, 0.4) is 0 Å². The molecule has 0 aliphatic carbocycles. The van der Waals surface area contributed by atoms with E-state index in [-0.39, 0.29) is 5.57 Å². The topological polar surface area (TPSA) is 80.6 Å². The average molecular weight is 645 g/mol. The van der Waals surface area contributed by atoms with E-state index in [4.69, 9.17) is 14.2 Å². The lowest BCUT2D eigenvalue weighted by Gasteiger charge is -2.14. The zero-order valence-electron chi connectivity index (χ0n) is 22.5. The standard InChI is InChI=1S/C33H29IN2O4/c1-22-9-10-25(15-23(22)2)21-40-32-30(34)17-26(18-31(32)38-3)16-27(19-35)33(37)36-28-11-13-29(14-12-28)39-20-24-7-5-4-6-8-24/h4-18H,20-21H2,1-3H3,(H,36,37)/b27-16+. The van der Waals surface area contributed by atoms with E-state index in [2.05, 4.69) is 53.9 Å². The van der Waals surface area contributed by atoms with Crippen LogP contribution in [0.4, 0.5) is 5.69 Å². The summed E-state index contributed by atoms with van der Waals surface area (Å²) in [5, 5.41) is 12.5. The third-order valence-electron chi connectivity index (χ3n) is 6.24. The van der Waals surface area contributed by atoms with Crippen LogP contribution in [0, 0.1) is 28.7 Å². The normalized spacial score (nSPS) is 10.9. The molecule has 0 aromatic heterocycles. The Kier molecular flexibility index (Phi) is 9.81. The molecule has 4 rings (SSSR count). The molecule has 4 aromatic rings. The van der Waals surface area contributed by atoms with Gasteiger partial charge >= 0.3 is 0 Å². The molecule has 0 unspecified atom stereocenters. The number of nitrogens with zero attached hydrogens (tertiary/aromatic N) is 1. The lowest BCUT2D eigenvalue weighted by Crippen LogP contribution is -2.13. The van der Waals surface area contributed by atoms with Crippen LogP contribution in [0.1, 0.15) is 27.8 Å². The number of hydrogen-bond acceptors (Lipinski definition) is 5.